The summed E-state index contributed by atoms with van der Waals surface area (Å²) in [5.41, 5.74) is 14.0. The summed E-state index contributed by atoms with van der Waals surface area (Å²) < 4.78 is 5.98. The summed E-state index contributed by atoms with van der Waals surface area (Å²) in [7, 11) is 0. The molecule has 9 heteroatoms. The fourth-order valence-electron chi connectivity index (χ4n) is 11.3. The lowest BCUT2D eigenvalue weighted by atomic mass is 9.47. The molecule has 0 aromatic rings. The molecule has 8 N–H and O–H groups in total. The molecule has 53 heavy (non-hydrogen) atoms. The average Bonchev–Trinajstić information content (AvgIpc) is 3.49. The van der Waals surface area contributed by atoms with Gasteiger partial charge in [-0.05, 0) is 169 Å². The van der Waals surface area contributed by atoms with Gasteiger partial charge in [0.2, 0.25) is 5.91 Å². The average molecular weight is 743 g/mol. The molecule has 0 saturated heterocycles. The van der Waals surface area contributed by atoms with E-state index in [-0.39, 0.29) is 23.5 Å². The van der Waals surface area contributed by atoms with E-state index in [2.05, 4.69) is 62.0 Å². The second kappa shape index (κ2) is 22.2. The summed E-state index contributed by atoms with van der Waals surface area (Å²) in [6.07, 6.45) is 22.6. The summed E-state index contributed by atoms with van der Waals surface area (Å²) in [6.45, 7) is 18.3. The quantitative estimate of drug-likeness (QED) is 0.0446. The van der Waals surface area contributed by atoms with E-state index in [4.69, 9.17) is 16.2 Å². The van der Waals surface area contributed by atoms with Gasteiger partial charge in [-0.3, -0.25) is 4.79 Å². The summed E-state index contributed by atoms with van der Waals surface area (Å²) in [5.74, 6) is 4.91. The van der Waals surface area contributed by atoms with Crippen LogP contribution in [0.3, 0.4) is 0 Å². The molecule has 0 bridgehead atoms. The molecular weight excluding hydrogens is 661 g/mol. The van der Waals surface area contributed by atoms with E-state index in [0.717, 1.165) is 126 Å². The molecule has 0 heterocycles. The van der Waals surface area contributed by atoms with Crippen molar-refractivity contribution in [2.45, 2.75) is 162 Å². The van der Waals surface area contributed by atoms with Gasteiger partial charge in [-0.1, -0.05) is 65.5 Å². The van der Waals surface area contributed by atoms with Crippen molar-refractivity contribution in [3.63, 3.8) is 0 Å². The summed E-state index contributed by atoms with van der Waals surface area (Å²) in [6, 6.07) is -0.516. The van der Waals surface area contributed by atoms with Crippen LogP contribution in [-0.2, 0) is 9.53 Å². The van der Waals surface area contributed by atoms with Crippen molar-refractivity contribution in [2.75, 3.05) is 45.8 Å². The fraction of sp³-hybridized carbons (Fsp3) is 0.909. The predicted octanol–water partition coefficient (Wildman–Crippen LogP) is 7.43. The summed E-state index contributed by atoms with van der Waals surface area (Å²) in [5, 5.41) is 12.8. The van der Waals surface area contributed by atoms with Gasteiger partial charge < -0.3 is 37.5 Å². The van der Waals surface area contributed by atoms with Gasteiger partial charge in [-0.2, -0.15) is 0 Å². The standard InChI is InChI=1S/C44H82N6O3/c1-32(2)13-10-14-33(3)37-18-19-38-36-17-16-34-31-35(20-22-43(34,4)39(36)21-23-44(37,38)5)53-42(52)50-29-7-6-15-40(46)41(51)49-30-12-28-48-26-9-8-25-47-27-11-24-45/h16,32-33,35-40,47-48H,6-15,17-31,45-46H2,1-5H3,(H,49,51)(H,50,52). The van der Waals surface area contributed by atoms with Crippen LogP contribution < -0.4 is 32.7 Å². The van der Waals surface area contributed by atoms with Crippen molar-refractivity contribution in [1.82, 2.24) is 21.3 Å². The minimum absolute atomic E-state index is 0.0385. The Balaban J connectivity index is 1.07. The molecule has 306 valence electrons. The van der Waals surface area contributed by atoms with Gasteiger partial charge in [0.05, 0.1) is 6.04 Å². The van der Waals surface area contributed by atoms with Gasteiger partial charge in [0.1, 0.15) is 6.10 Å². The van der Waals surface area contributed by atoms with E-state index in [1.165, 1.54) is 51.4 Å². The Labute approximate surface area is 324 Å². The van der Waals surface area contributed by atoms with Crippen LogP contribution in [0, 0.1) is 46.3 Å². The minimum Gasteiger partial charge on any atom is -0.446 e. The monoisotopic (exact) mass is 743 g/mol. The molecule has 0 aliphatic heterocycles. The van der Waals surface area contributed by atoms with Gasteiger partial charge in [0, 0.05) is 19.5 Å². The Morgan fingerprint density at radius 2 is 1.49 bits per heavy atom. The molecule has 4 aliphatic carbocycles. The Hall–Kier alpha value is -1.68. The number of amides is 2. The van der Waals surface area contributed by atoms with E-state index in [1.54, 1.807) is 5.57 Å². The van der Waals surface area contributed by atoms with Crippen molar-refractivity contribution < 1.29 is 14.3 Å². The first kappa shape index (κ1) is 44.0. The van der Waals surface area contributed by atoms with Crippen LogP contribution >= 0.6 is 0 Å². The van der Waals surface area contributed by atoms with Crippen LogP contribution in [0.5, 0.6) is 0 Å². The highest BCUT2D eigenvalue weighted by atomic mass is 16.6. The van der Waals surface area contributed by atoms with Crippen LogP contribution in [0.4, 0.5) is 4.79 Å². The van der Waals surface area contributed by atoms with Gasteiger partial charge in [0.25, 0.3) is 0 Å². The normalized spacial score (nSPS) is 30.5. The number of rotatable bonds is 24. The van der Waals surface area contributed by atoms with Crippen molar-refractivity contribution >= 4 is 12.0 Å². The molecule has 9 nitrogen and oxygen atoms in total. The third-order valence-electron chi connectivity index (χ3n) is 14.4. The summed E-state index contributed by atoms with van der Waals surface area (Å²) in [4.78, 5) is 25.2. The highest BCUT2D eigenvalue weighted by molar-refractivity contribution is 5.81. The Morgan fingerprint density at radius 3 is 2.23 bits per heavy atom. The maximum atomic E-state index is 12.8. The second-order valence-corrected chi connectivity index (χ2v) is 18.6. The number of nitrogens with one attached hydrogen (secondary N) is 4. The topological polar surface area (TPSA) is 144 Å². The third-order valence-corrected chi connectivity index (χ3v) is 14.4. The lowest BCUT2D eigenvalue weighted by Crippen LogP contribution is -2.51. The number of carbonyl (C=O) groups excluding carboxylic acids is 2. The Bertz CT molecular complexity index is 1130. The Kier molecular flexibility index (Phi) is 18.4. The molecule has 3 fully saturated rings. The molecule has 9 unspecified atom stereocenters. The molecule has 2 amide bonds. The highest BCUT2D eigenvalue weighted by Crippen LogP contribution is 2.67. The number of alkyl carbamates (subject to hydrolysis) is 1. The van der Waals surface area contributed by atoms with Gasteiger partial charge >= 0.3 is 6.09 Å². The van der Waals surface area contributed by atoms with Crippen LogP contribution in [0.1, 0.15) is 150 Å². The molecule has 0 aromatic heterocycles. The first-order valence-electron chi connectivity index (χ1n) is 22.3. The van der Waals surface area contributed by atoms with E-state index in [1.807, 2.05) is 0 Å². The Morgan fingerprint density at radius 1 is 0.792 bits per heavy atom. The number of hydrogen-bond donors (Lipinski definition) is 6. The zero-order valence-corrected chi connectivity index (χ0v) is 34.8. The van der Waals surface area contributed by atoms with Crippen molar-refractivity contribution in [3.05, 3.63) is 11.6 Å². The molecular formula is C44H82N6O3. The molecule has 0 aromatic carbocycles. The first-order chi connectivity index (χ1) is 25.5. The number of unbranched alkanes of at least 4 members (excludes halogenated alkanes) is 2. The van der Waals surface area contributed by atoms with Crippen LogP contribution in [0.15, 0.2) is 11.6 Å². The van der Waals surface area contributed by atoms with E-state index >= 15 is 0 Å². The number of carbonyl (C=O) groups is 2. The highest BCUT2D eigenvalue weighted by Gasteiger charge is 2.59. The largest absolute Gasteiger partial charge is 0.446 e. The van der Waals surface area contributed by atoms with Gasteiger partial charge in [-0.25, -0.2) is 4.79 Å². The number of nitrogens with two attached hydrogens (primary N) is 2. The van der Waals surface area contributed by atoms with Crippen LogP contribution in [0.25, 0.3) is 0 Å². The number of fused-ring (bicyclic) bond motifs is 5. The number of hydrogen-bond acceptors (Lipinski definition) is 7. The second-order valence-electron chi connectivity index (χ2n) is 18.6. The molecule has 0 spiro atoms. The maximum Gasteiger partial charge on any atom is 0.407 e. The third kappa shape index (κ3) is 12.7. The molecule has 0 radical (unpaired) electrons. The smallest absolute Gasteiger partial charge is 0.407 e. The lowest BCUT2D eigenvalue weighted by Gasteiger charge is -2.58. The summed E-state index contributed by atoms with van der Waals surface area (Å²) >= 11 is 0. The van der Waals surface area contributed by atoms with E-state index < -0.39 is 6.04 Å². The van der Waals surface area contributed by atoms with Crippen molar-refractivity contribution in [1.29, 1.82) is 0 Å². The van der Waals surface area contributed by atoms with Gasteiger partial charge in [0.15, 0.2) is 0 Å². The predicted molar refractivity (Wildman–Crippen MR) is 219 cm³/mol. The fourth-order valence-corrected chi connectivity index (χ4v) is 11.3. The zero-order valence-electron chi connectivity index (χ0n) is 34.8. The molecule has 3 saturated carbocycles. The van der Waals surface area contributed by atoms with Crippen LogP contribution in [-0.4, -0.2) is 70.0 Å². The molecule has 9 atom stereocenters. The lowest BCUT2D eigenvalue weighted by molar-refractivity contribution is -0.122. The van der Waals surface area contributed by atoms with Gasteiger partial charge in [-0.15, -0.1) is 0 Å². The number of ether oxygens (including phenoxy) is 1. The number of allylic oxidation sites excluding steroid dienone is 1. The van der Waals surface area contributed by atoms with Crippen LogP contribution in [0.2, 0.25) is 0 Å². The minimum atomic E-state index is -0.516. The molecule has 4 rings (SSSR count). The maximum absolute atomic E-state index is 12.8. The SMILES string of the molecule is CC(C)CCCC(C)C1CCC2C3CC=C4CC(OC(=O)NCCCCC(N)C(=O)NCCCNCCCCNCCCN)CCC4(C)C3CCC12C. The van der Waals surface area contributed by atoms with E-state index in [9.17, 15) is 9.59 Å². The first-order valence-corrected chi connectivity index (χ1v) is 22.3. The zero-order chi connectivity index (χ0) is 38.3. The van der Waals surface area contributed by atoms with E-state index in [0.29, 0.717) is 24.9 Å². The van der Waals surface area contributed by atoms with Crippen molar-refractivity contribution in [3.8, 4) is 0 Å². The van der Waals surface area contributed by atoms with Crippen molar-refractivity contribution in [2.24, 2.45) is 57.8 Å². The molecule has 4 aliphatic rings.